The monoisotopic (exact) mass is 389 g/mol. The highest BCUT2D eigenvalue weighted by Gasteiger charge is 2.29. The normalized spacial score (nSPS) is 20.8. The van der Waals surface area contributed by atoms with Crippen LogP contribution in [0.4, 0.5) is 4.39 Å². The minimum atomic E-state index is -0.477. The second-order valence-corrected chi connectivity index (χ2v) is 8.12. The van der Waals surface area contributed by atoms with Crippen LogP contribution in [0.15, 0.2) is 36.7 Å². The molecule has 2 atom stereocenters. The van der Waals surface area contributed by atoms with Crippen molar-refractivity contribution in [1.82, 2.24) is 14.9 Å². The highest BCUT2D eigenvalue weighted by atomic mass is 19.1. The predicted molar refractivity (Wildman–Crippen MR) is 104 cm³/mol. The first-order chi connectivity index (χ1) is 13.3. The lowest BCUT2D eigenvalue weighted by atomic mass is 9.95. The van der Waals surface area contributed by atoms with Gasteiger partial charge in [-0.1, -0.05) is 12.1 Å². The molecule has 2 heterocycles. The Balaban J connectivity index is 1.62. The standard InChI is InChI=1S/C21H28FN3O3/c1-21(2,3)28-20-17(23-9-10-24-20)13-25-11-8-18(26)15(12-25)14-27-19-7-5-4-6-16(19)22/h4-7,9-10,15,18,26H,8,11-14H2,1-3H3. The number of ether oxygens (including phenoxy) is 2. The lowest BCUT2D eigenvalue weighted by Gasteiger charge is -2.36. The highest BCUT2D eigenvalue weighted by Crippen LogP contribution is 2.25. The maximum Gasteiger partial charge on any atom is 0.237 e. The molecule has 0 amide bonds. The van der Waals surface area contributed by atoms with Gasteiger partial charge in [0.2, 0.25) is 5.88 Å². The number of nitrogens with zero attached hydrogens (tertiary/aromatic N) is 3. The van der Waals surface area contributed by atoms with Gasteiger partial charge in [-0.2, -0.15) is 0 Å². The van der Waals surface area contributed by atoms with Gasteiger partial charge in [-0.3, -0.25) is 9.88 Å². The summed E-state index contributed by atoms with van der Waals surface area (Å²) in [5.41, 5.74) is 0.404. The van der Waals surface area contributed by atoms with Crippen molar-refractivity contribution in [2.45, 2.75) is 45.4 Å². The third-order valence-electron chi connectivity index (χ3n) is 4.58. The SMILES string of the molecule is CC(C)(C)Oc1nccnc1CN1CCC(O)C(COc2ccccc2F)C1. The number of piperidine rings is 1. The first-order valence-electron chi connectivity index (χ1n) is 9.58. The van der Waals surface area contributed by atoms with Crippen molar-refractivity contribution in [3.63, 3.8) is 0 Å². The van der Waals surface area contributed by atoms with E-state index in [2.05, 4.69) is 14.9 Å². The molecule has 0 saturated carbocycles. The van der Waals surface area contributed by atoms with Crippen LogP contribution in [0.3, 0.4) is 0 Å². The second-order valence-electron chi connectivity index (χ2n) is 8.12. The van der Waals surface area contributed by atoms with E-state index in [1.165, 1.54) is 6.07 Å². The maximum atomic E-state index is 13.8. The van der Waals surface area contributed by atoms with Gasteiger partial charge in [0, 0.05) is 37.9 Å². The number of halogens is 1. The number of benzene rings is 1. The van der Waals surface area contributed by atoms with Crippen molar-refractivity contribution in [3.8, 4) is 11.6 Å². The van der Waals surface area contributed by atoms with E-state index < -0.39 is 11.9 Å². The molecule has 152 valence electrons. The van der Waals surface area contributed by atoms with E-state index >= 15 is 0 Å². The Morgan fingerprint density at radius 3 is 2.71 bits per heavy atom. The van der Waals surface area contributed by atoms with E-state index in [0.717, 1.165) is 12.2 Å². The van der Waals surface area contributed by atoms with Crippen LogP contribution in [-0.2, 0) is 6.54 Å². The highest BCUT2D eigenvalue weighted by molar-refractivity contribution is 5.23. The maximum absolute atomic E-state index is 13.8. The zero-order valence-corrected chi connectivity index (χ0v) is 16.6. The number of hydrogen-bond donors (Lipinski definition) is 1. The fourth-order valence-electron chi connectivity index (χ4n) is 3.21. The van der Waals surface area contributed by atoms with Gasteiger partial charge in [0.15, 0.2) is 11.6 Å². The molecule has 1 aliphatic heterocycles. The average molecular weight is 389 g/mol. The fraction of sp³-hybridized carbons (Fsp3) is 0.524. The summed E-state index contributed by atoms with van der Waals surface area (Å²) in [5, 5.41) is 10.4. The molecule has 0 bridgehead atoms. The first kappa shape index (κ1) is 20.5. The summed E-state index contributed by atoms with van der Waals surface area (Å²) in [6.45, 7) is 8.10. The van der Waals surface area contributed by atoms with E-state index in [9.17, 15) is 9.50 Å². The van der Waals surface area contributed by atoms with Gasteiger partial charge in [0.1, 0.15) is 11.3 Å². The summed E-state index contributed by atoms with van der Waals surface area (Å²) in [6, 6.07) is 6.31. The van der Waals surface area contributed by atoms with Crippen LogP contribution in [0.1, 0.15) is 32.9 Å². The summed E-state index contributed by atoms with van der Waals surface area (Å²) in [5.74, 6) is 0.229. The Kier molecular flexibility index (Phi) is 6.46. The van der Waals surface area contributed by atoms with Gasteiger partial charge in [-0.15, -0.1) is 0 Å². The zero-order valence-electron chi connectivity index (χ0n) is 16.6. The molecule has 3 rings (SSSR count). The van der Waals surface area contributed by atoms with Crippen molar-refractivity contribution in [1.29, 1.82) is 0 Å². The topological polar surface area (TPSA) is 67.7 Å². The van der Waals surface area contributed by atoms with Crippen molar-refractivity contribution >= 4 is 0 Å². The van der Waals surface area contributed by atoms with Crippen LogP contribution in [-0.4, -0.2) is 51.4 Å². The van der Waals surface area contributed by atoms with Crippen molar-refractivity contribution in [2.75, 3.05) is 19.7 Å². The molecule has 1 N–H and O–H groups in total. The number of aliphatic hydroxyl groups is 1. The number of aromatic nitrogens is 2. The van der Waals surface area contributed by atoms with E-state index in [-0.39, 0.29) is 23.9 Å². The van der Waals surface area contributed by atoms with Crippen LogP contribution in [0.5, 0.6) is 11.6 Å². The molecule has 1 aromatic heterocycles. The number of para-hydroxylation sites is 1. The molecule has 1 aliphatic rings. The molecule has 1 aromatic carbocycles. The van der Waals surface area contributed by atoms with Gasteiger partial charge in [-0.25, -0.2) is 9.37 Å². The smallest absolute Gasteiger partial charge is 0.237 e. The van der Waals surface area contributed by atoms with Gasteiger partial charge in [0.05, 0.1) is 12.7 Å². The predicted octanol–water partition coefficient (Wildman–Crippen LogP) is 3.05. The van der Waals surface area contributed by atoms with E-state index in [4.69, 9.17) is 9.47 Å². The Bertz CT molecular complexity index is 781. The Morgan fingerprint density at radius 2 is 1.96 bits per heavy atom. The van der Waals surface area contributed by atoms with Gasteiger partial charge >= 0.3 is 0 Å². The number of hydrogen-bond acceptors (Lipinski definition) is 6. The average Bonchev–Trinajstić information content (AvgIpc) is 2.64. The molecule has 0 radical (unpaired) electrons. The lowest BCUT2D eigenvalue weighted by Crippen LogP contribution is -2.45. The van der Waals surface area contributed by atoms with Crippen LogP contribution in [0, 0.1) is 11.7 Å². The molecule has 2 unspecified atom stereocenters. The molecule has 2 aromatic rings. The molecule has 6 nitrogen and oxygen atoms in total. The fourth-order valence-corrected chi connectivity index (χ4v) is 3.21. The third kappa shape index (κ3) is 5.62. The van der Waals surface area contributed by atoms with E-state index in [1.54, 1.807) is 30.6 Å². The number of rotatable bonds is 6. The summed E-state index contributed by atoms with van der Waals surface area (Å²) in [6.07, 6.45) is 3.43. The number of likely N-dealkylation sites (tertiary alicyclic amines) is 1. The van der Waals surface area contributed by atoms with E-state index in [1.807, 2.05) is 20.8 Å². The van der Waals surface area contributed by atoms with Crippen LogP contribution < -0.4 is 9.47 Å². The van der Waals surface area contributed by atoms with Gasteiger partial charge in [0.25, 0.3) is 0 Å². The van der Waals surface area contributed by atoms with Crippen molar-refractivity contribution in [2.24, 2.45) is 5.92 Å². The molecular weight excluding hydrogens is 361 g/mol. The zero-order chi connectivity index (χ0) is 20.1. The van der Waals surface area contributed by atoms with Crippen LogP contribution >= 0.6 is 0 Å². The molecular formula is C21H28FN3O3. The van der Waals surface area contributed by atoms with E-state index in [0.29, 0.717) is 25.4 Å². The molecule has 0 spiro atoms. The summed E-state index contributed by atoms with van der Waals surface area (Å²) >= 11 is 0. The summed E-state index contributed by atoms with van der Waals surface area (Å²) in [4.78, 5) is 11.0. The van der Waals surface area contributed by atoms with Gasteiger partial charge in [-0.05, 0) is 39.3 Å². The largest absolute Gasteiger partial charge is 0.490 e. The molecule has 1 fully saturated rings. The minimum Gasteiger partial charge on any atom is -0.490 e. The Morgan fingerprint density at radius 1 is 1.21 bits per heavy atom. The van der Waals surface area contributed by atoms with Crippen LogP contribution in [0.25, 0.3) is 0 Å². The van der Waals surface area contributed by atoms with Crippen LogP contribution in [0.2, 0.25) is 0 Å². The third-order valence-corrected chi connectivity index (χ3v) is 4.58. The molecule has 0 aliphatic carbocycles. The lowest BCUT2D eigenvalue weighted by molar-refractivity contribution is 0.00133. The summed E-state index contributed by atoms with van der Waals surface area (Å²) < 4.78 is 25.3. The molecule has 7 heteroatoms. The molecule has 28 heavy (non-hydrogen) atoms. The molecule has 1 saturated heterocycles. The minimum absolute atomic E-state index is 0.114. The summed E-state index contributed by atoms with van der Waals surface area (Å²) in [7, 11) is 0. The van der Waals surface area contributed by atoms with Crippen molar-refractivity contribution < 1.29 is 19.0 Å². The Labute approximate surface area is 165 Å². The van der Waals surface area contributed by atoms with Gasteiger partial charge < -0.3 is 14.6 Å². The Hall–Kier alpha value is -2.25. The second kappa shape index (κ2) is 8.84. The quantitative estimate of drug-likeness (QED) is 0.819. The first-order valence-corrected chi connectivity index (χ1v) is 9.58. The van der Waals surface area contributed by atoms with Crippen molar-refractivity contribution in [3.05, 3.63) is 48.2 Å². The number of aliphatic hydroxyl groups excluding tert-OH is 1.